The zero-order chi connectivity index (χ0) is 39.3. The fourth-order valence-electron chi connectivity index (χ4n) is 3.19. The molecule has 1 N–H and O–H groups in total. The summed E-state index contributed by atoms with van der Waals surface area (Å²) in [6, 6.07) is -2.80. The monoisotopic (exact) mass is 772 g/mol. The second kappa shape index (κ2) is 10.9. The Hall–Kier alpha value is -3.13. The number of carbonyl (C=O) groups is 1. The number of halogens is 26. The predicted molar refractivity (Wildman–Crippen MR) is 97.6 cm³/mol. The van der Waals surface area contributed by atoms with Crippen LogP contribution in [0.5, 0.6) is 5.75 Å². The van der Waals surface area contributed by atoms with E-state index in [2.05, 4.69) is 0 Å². The lowest BCUT2D eigenvalue weighted by atomic mass is 9.85. The molecule has 0 spiro atoms. The van der Waals surface area contributed by atoms with Crippen LogP contribution in [0.4, 0.5) is 114 Å². The molecule has 0 fully saturated rings. The molecule has 1 aromatic rings. The minimum atomic E-state index is -8.81. The van der Waals surface area contributed by atoms with Crippen molar-refractivity contribution in [3.8, 4) is 5.75 Å². The first kappa shape index (κ1) is 42.9. The fraction of sp³-hybridized carbons (Fsp3) is 0.650. The molecule has 0 unspecified atom stereocenters. The maximum atomic E-state index is 14.6. The summed E-state index contributed by atoms with van der Waals surface area (Å²) >= 11 is 0. The highest BCUT2D eigenvalue weighted by Crippen LogP contribution is 2.66. The lowest BCUT2D eigenvalue weighted by Crippen LogP contribution is -2.69. The fourth-order valence-corrected chi connectivity index (χ4v) is 3.19. The maximum absolute atomic E-state index is 14.6. The standard InChI is InChI=1S/C20H6F26O2/c1-4(47)5-2-6(9(21,22)11(25,26)13(29,30)15(33,34)17(37,38)19(41,42)43)8(48)7(3-5)10(23,24)12(27,28)14(31,32)16(35,36)18(39,40)20(44,45)46/h2-3,48H,1H3. The van der Waals surface area contributed by atoms with Crippen LogP contribution in [0, 0.1) is 0 Å². The van der Waals surface area contributed by atoms with Gasteiger partial charge >= 0.3 is 71.6 Å². The van der Waals surface area contributed by atoms with Crippen LogP contribution in [0.2, 0.25) is 0 Å². The van der Waals surface area contributed by atoms with Gasteiger partial charge in [0.25, 0.3) is 0 Å². The van der Waals surface area contributed by atoms with E-state index in [1.807, 2.05) is 0 Å². The van der Waals surface area contributed by atoms with Crippen molar-refractivity contribution in [1.82, 2.24) is 0 Å². The molecule has 0 aliphatic rings. The molecule has 0 saturated carbocycles. The number of aromatic hydroxyl groups is 1. The first-order valence-corrected chi connectivity index (χ1v) is 10.7. The molecule has 48 heavy (non-hydrogen) atoms. The molecular formula is C20H6F26O2. The van der Waals surface area contributed by atoms with Crippen molar-refractivity contribution in [2.45, 2.75) is 78.5 Å². The smallest absolute Gasteiger partial charge is 0.460 e. The van der Waals surface area contributed by atoms with E-state index < -0.39 is 112 Å². The highest BCUT2D eigenvalue weighted by Gasteiger charge is 2.92. The number of carbonyl (C=O) groups excluding carboxylic acids is 1. The number of hydrogen-bond acceptors (Lipinski definition) is 2. The summed E-state index contributed by atoms with van der Waals surface area (Å²) in [5.74, 6) is -91.5. The van der Waals surface area contributed by atoms with Crippen LogP contribution in [0.25, 0.3) is 0 Å². The number of alkyl halides is 26. The summed E-state index contributed by atoms with van der Waals surface area (Å²) in [7, 11) is 0. The average molecular weight is 772 g/mol. The second-order valence-corrected chi connectivity index (χ2v) is 9.22. The van der Waals surface area contributed by atoms with E-state index in [0.717, 1.165) is 0 Å². The SMILES string of the molecule is CC(=O)c1cc(C(F)(F)C(F)(F)C(F)(F)C(F)(F)C(F)(F)C(F)(F)F)c(O)c(C(F)(F)C(F)(F)C(F)(F)C(F)(F)C(F)(F)C(F)(F)F)c1. The van der Waals surface area contributed by atoms with Crippen molar-refractivity contribution in [2.75, 3.05) is 0 Å². The Balaban J connectivity index is 4.27. The maximum Gasteiger partial charge on any atom is 0.460 e. The Morgan fingerprint density at radius 3 is 0.812 bits per heavy atom. The van der Waals surface area contributed by atoms with E-state index >= 15 is 0 Å². The molecule has 0 bridgehead atoms. The summed E-state index contributed by atoms with van der Waals surface area (Å²) in [6.07, 6.45) is -16.0. The number of phenols is 1. The topological polar surface area (TPSA) is 37.3 Å². The van der Waals surface area contributed by atoms with E-state index in [9.17, 15) is 124 Å². The number of benzene rings is 1. The quantitative estimate of drug-likeness (QED) is 0.180. The van der Waals surface area contributed by atoms with Crippen molar-refractivity contribution in [3.63, 3.8) is 0 Å². The normalized spacial score (nSPS) is 16.0. The molecule has 28 heteroatoms. The Kier molecular flexibility index (Phi) is 9.77. The van der Waals surface area contributed by atoms with Gasteiger partial charge in [-0.1, -0.05) is 0 Å². The number of hydrogen-bond donors (Lipinski definition) is 1. The molecule has 0 aliphatic carbocycles. The van der Waals surface area contributed by atoms with E-state index in [1.54, 1.807) is 0 Å². The first-order chi connectivity index (χ1) is 20.4. The van der Waals surface area contributed by atoms with Gasteiger partial charge in [0.15, 0.2) is 5.78 Å². The molecule has 1 aromatic carbocycles. The van der Waals surface area contributed by atoms with Crippen LogP contribution in [-0.4, -0.2) is 70.6 Å². The molecule has 0 amide bonds. The lowest BCUT2D eigenvalue weighted by molar-refractivity contribution is -0.442. The third kappa shape index (κ3) is 5.32. The third-order valence-corrected chi connectivity index (χ3v) is 6.06. The Bertz CT molecular complexity index is 1300. The molecule has 1 rings (SSSR count). The second-order valence-electron chi connectivity index (χ2n) is 9.22. The van der Waals surface area contributed by atoms with Crippen LogP contribution in [0.15, 0.2) is 12.1 Å². The van der Waals surface area contributed by atoms with Crippen molar-refractivity contribution in [1.29, 1.82) is 0 Å². The number of phenolic OH excluding ortho intramolecular Hbond substituents is 1. The molecule has 0 radical (unpaired) electrons. The summed E-state index contributed by atoms with van der Waals surface area (Å²) < 4.78 is 350. The highest BCUT2D eigenvalue weighted by molar-refractivity contribution is 5.95. The Morgan fingerprint density at radius 2 is 0.625 bits per heavy atom. The predicted octanol–water partition coefficient (Wildman–Crippen LogP) is 9.99. The Labute approximate surface area is 244 Å². The van der Waals surface area contributed by atoms with Gasteiger partial charge in [-0.25, -0.2) is 0 Å². The summed E-state index contributed by atoms with van der Waals surface area (Å²) in [6.45, 7) is -0.189. The molecule has 2 nitrogen and oxygen atoms in total. The highest BCUT2D eigenvalue weighted by atomic mass is 19.4. The number of ketones is 1. The zero-order valence-electron chi connectivity index (χ0n) is 21.3. The Morgan fingerprint density at radius 1 is 0.417 bits per heavy atom. The van der Waals surface area contributed by atoms with Gasteiger partial charge in [0.05, 0.1) is 11.1 Å². The zero-order valence-corrected chi connectivity index (χ0v) is 21.3. The van der Waals surface area contributed by atoms with Crippen LogP contribution in [-0.2, 0) is 11.8 Å². The van der Waals surface area contributed by atoms with Crippen LogP contribution in [0.3, 0.4) is 0 Å². The van der Waals surface area contributed by atoms with Gasteiger partial charge in [0.1, 0.15) is 5.75 Å². The van der Waals surface area contributed by atoms with Crippen molar-refractivity contribution in [3.05, 3.63) is 28.8 Å². The molecular weight excluding hydrogens is 766 g/mol. The first-order valence-electron chi connectivity index (χ1n) is 10.7. The van der Waals surface area contributed by atoms with E-state index in [1.165, 1.54) is 0 Å². The number of rotatable bonds is 11. The summed E-state index contributed by atoms with van der Waals surface area (Å²) in [4.78, 5) is 11.5. The van der Waals surface area contributed by atoms with Crippen molar-refractivity contribution < 1.29 is 124 Å². The van der Waals surface area contributed by atoms with Crippen LogP contribution < -0.4 is 0 Å². The van der Waals surface area contributed by atoms with Crippen molar-refractivity contribution in [2.24, 2.45) is 0 Å². The third-order valence-electron chi connectivity index (χ3n) is 6.06. The van der Waals surface area contributed by atoms with Gasteiger partial charge < -0.3 is 5.11 Å². The summed E-state index contributed by atoms with van der Waals surface area (Å²) in [5, 5.41) is 9.55. The largest absolute Gasteiger partial charge is 0.507 e. The average Bonchev–Trinajstić information content (AvgIpc) is 2.85. The summed E-state index contributed by atoms with van der Waals surface area (Å²) in [5.41, 5.74) is -10.7. The minimum Gasteiger partial charge on any atom is -0.507 e. The van der Waals surface area contributed by atoms with Crippen molar-refractivity contribution >= 4 is 5.78 Å². The van der Waals surface area contributed by atoms with E-state index in [4.69, 9.17) is 0 Å². The molecule has 0 atom stereocenters. The number of Topliss-reactive ketones (excluding diaryl/α,β-unsaturated/α-hetero) is 1. The molecule has 280 valence electrons. The molecule has 0 aromatic heterocycles. The minimum absolute atomic E-state index is 0.189. The van der Waals surface area contributed by atoms with Crippen LogP contribution in [0.1, 0.15) is 28.4 Å². The molecule has 0 aliphatic heterocycles. The van der Waals surface area contributed by atoms with Crippen LogP contribution >= 0.6 is 0 Å². The lowest BCUT2D eigenvalue weighted by Gasteiger charge is -2.41. The van der Waals surface area contributed by atoms with Gasteiger partial charge in [-0.15, -0.1) is 0 Å². The van der Waals surface area contributed by atoms with E-state index in [-0.39, 0.29) is 6.92 Å². The van der Waals surface area contributed by atoms with Gasteiger partial charge in [-0.05, 0) is 19.1 Å². The molecule has 0 saturated heterocycles. The van der Waals surface area contributed by atoms with Gasteiger partial charge in [0, 0.05) is 5.56 Å². The van der Waals surface area contributed by atoms with E-state index in [0.29, 0.717) is 0 Å². The van der Waals surface area contributed by atoms with Gasteiger partial charge in [-0.2, -0.15) is 114 Å². The van der Waals surface area contributed by atoms with Gasteiger partial charge in [-0.3, -0.25) is 4.79 Å². The van der Waals surface area contributed by atoms with Gasteiger partial charge in [0.2, 0.25) is 0 Å². The molecule has 0 heterocycles.